The number of rotatable bonds is 4. The van der Waals surface area contributed by atoms with Crippen LogP contribution in [0.1, 0.15) is 19.8 Å². The fourth-order valence-corrected chi connectivity index (χ4v) is 0.539. The van der Waals surface area contributed by atoms with Crippen LogP contribution in [0.3, 0.4) is 0 Å². The van der Waals surface area contributed by atoms with Gasteiger partial charge in [-0.3, -0.25) is 4.57 Å². The molecule has 0 aliphatic carbocycles. The van der Waals surface area contributed by atoms with E-state index in [0.29, 0.717) is 6.61 Å². The van der Waals surface area contributed by atoms with Gasteiger partial charge in [0.1, 0.15) is 0 Å². The van der Waals surface area contributed by atoms with Gasteiger partial charge < -0.3 is 4.52 Å². The lowest BCUT2D eigenvalue weighted by Crippen LogP contribution is -1.79. The van der Waals surface area contributed by atoms with Crippen molar-refractivity contribution in [2.45, 2.75) is 19.8 Å². The molecule has 0 saturated carbocycles. The lowest BCUT2D eigenvalue weighted by molar-refractivity contribution is 0.334. The summed E-state index contributed by atoms with van der Waals surface area (Å²) in [5.41, 5.74) is 0. The molecule has 0 rings (SSSR count). The Labute approximate surface area is 62.0 Å². The molecule has 0 aliphatic heterocycles. The molecular formula is C4H14AlO2P. The van der Waals surface area contributed by atoms with Crippen LogP contribution in [-0.4, -0.2) is 24.0 Å². The lowest BCUT2D eigenvalue weighted by Gasteiger charge is -1.89. The Morgan fingerprint density at radius 3 is 2.62 bits per heavy atom. The second-order valence-electron chi connectivity index (χ2n) is 1.32. The van der Waals surface area contributed by atoms with E-state index in [4.69, 9.17) is 0 Å². The van der Waals surface area contributed by atoms with Gasteiger partial charge in [-0.05, 0) is 6.42 Å². The van der Waals surface area contributed by atoms with E-state index < -0.39 is 8.69 Å². The highest BCUT2D eigenvalue weighted by Crippen LogP contribution is 1.96. The van der Waals surface area contributed by atoms with E-state index in [1.165, 1.54) is 0 Å². The van der Waals surface area contributed by atoms with Gasteiger partial charge in [0.25, 0.3) is 0 Å². The number of hydrogen-bond donors (Lipinski definition) is 0. The number of hydrogen-bond acceptors (Lipinski definition) is 2. The molecule has 0 fully saturated rings. The van der Waals surface area contributed by atoms with Crippen LogP contribution in [0.2, 0.25) is 0 Å². The fraction of sp³-hybridized carbons (Fsp3) is 1.00. The van der Waals surface area contributed by atoms with Crippen molar-refractivity contribution in [2.24, 2.45) is 0 Å². The molecule has 0 amide bonds. The van der Waals surface area contributed by atoms with E-state index >= 15 is 0 Å². The van der Waals surface area contributed by atoms with Crippen LogP contribution in [0.4, 0.5) is 0 Å². The number of unbranched alkanes of at least 4 members (excludes halogenated alkanes) is 1. The lowest BCUT2D eigenvalue weighted by atomic mass is 10.4. The van der Waals surface area contributed by atoms with E-state index in [9.17, 15) is 4.57 Å². The molecular weight excluding hydrogens is 138 g/mol. The average molecular weight is 152 g/mol. The van der Waals surface area contributed by atoms with Gasteiger partial charge in [0.05, 0.1) is 6.61 Å². The van der Waals surface area contributed by atoms with Gasteiger partial charge in [0.15, 0.2) is 26.0 Å². The van der Waals surface area contributed by atoms with Gasteiger partial charge in [0, 0.05) is 0 Å². The van der Waals surface area contributed by atoms with Crippen molar-refractivity contribution in [1.82, 2.24) is 0 Å². The first-order valence-electron chi connectivity index (χ1n) is 2.47. The van der Waals surface area contributed by atoms with Crippen LogP contribution in [0.5, 0.6) is 0 Å². The standard InChI is InChI=1S/C4H11O2P.Al.3H/c1-2-3-4-6-7-5;;;;/h2-4,7H2,1H3;;;;. The molecule has 0 aromatic rings. The van der Waals surface area contributed by atoms with Crippen LogP contribution >= 0.6 is 8.69 Å². The molecule has 2 nitrogen and oxygen atoms in total. The third kappa shape index (κ3) is 9.87. The third-order valence-electron chi connectivity index (χ3n) is 0.684. The highest BCUT2D eigenvalue weighted by molar-refractivity contribution is 7.17. The van der Waals surface area contributed by atoms with Crippen molar-refractivity contribution in [2.75, 3.05) is 6.61 Å². The Morgan fingerprint density at radius 1 is 1.62 bits per heavy atom. The van der Waals surface area contributed by atoms with Crippen LogP contribution in [0, 0.1) is 0 Å². The summed E-state index contributed by atoms with van der Waals surface area (Å²) in [5, 5.41) is 0. The van der Waals surface area contributed by atoms with Gasteiger partial charge in [-0.1, -0.05) is 13.3 Å². The third-order valence-corrected chi connectivity index (χ3v) is 1.06. The van der Waals surface area contributed by atoms with E-state index in [2.05, 4.69) is 11.4 Å². The fourth-order valence-electron chi connectivity index (χ4n) is 0.276. The van der Waals surface area contributed by atoms with Gasteiger partial charge >= 0.3 is 0 Å². The van der Waals surface area contributed by atoms with Gasteiger partial charge in [-0.25, -0.2) is 0 Å². The maximum atomic E-state index is 9.67. The largest absolute Gasteiger partial charge is 0.332 e. The summed E-state index contributed by atoms with van der Waals surface area (Å²) in [5.74, 6) is 0. The van der Waals surface area contributed by atoms with E-state index in [1.54, 1.807) is 0 Å². The molecule has 0 bridgehead atoms. The monoisotopic (exact) mass is 152 g/mol. The molecule has 0 aliphatic rings. The maximum absolute atomic E-state index is 9.67. The van der Waals surface area contributed by atoms with E-state index in [1.807, 2.05) is 0 Å². The molecule has 0 aromatic heterocycles. The zero-order valence-electron chi connectivity index (χ0n) is 4.52. The summed E-state index contributed by atoms with van der Waals surface area (Å²) in [6.07, 6.45) is 2.13. The van der Waals surface area contributed by atoms with Gasteiger partial charge in [0.2, 0.25) is 0 Å². The molecule has 0 heterocycles. The summed E-state index contributed by atoms with van der Waals surface area (Å²) in [6, 6.07) is 0. The normalized spacial score (nSPS) is 9.62. The van der Waals surface area contributed by atoms with Crippen LogP contribution < -0.4 is 0 Å². The van der Waals surface area contributed by atoms with Crippen LogP contribution in [0.25, 0.3) is 0 Å². The predicted octanol–water partition coefficient (Wildman–Crippen LogP) is 0.290. The molecule has 0 radical (unpaired) electrons. The molecule has 0 saturated heterocycles. The Bertz CT molecular complexity index is 51.3. The molecule has 4 heteroatoms. The summed E-state index contributed by atoms with van der Waals surface area (Å²) in [7, 11) is -0.969. The maximum Gasteiger partial charge on any atom is 0.187 e. The quantitative estimate of drug-likeness (QED) is 0.329. The minimum Gasteiger partial charge on any atom is -0.332 e. The van der Waals surface area contributed by atoms with Crippen LogP contribution in [-0.2, 0) is 9.09 Å². The Kier molecular flexibility index (Phi) is 15.3. The Hall–Kier alpha value is 0.722. The second-order valence-corrected chi connectivity index (χ2v) is 1.85. The topological polar surface area (TPSA) is 26.3 Å². The summed E-state index contributed by atoms with van der Waals surface area (Å²) in [4.78, 5) is 0. The zero-order valence-corrected chi connectivity index (χ0v) is 5.67. The minimum atomic E-state index is -0.969. The van der Waals surface area contributed by atoms with Crippen molar-refractivity contribution >= 4 is 26.0 Å². The molecule has 0 spiro atoms. The first-order valence-corrected chi connectivity index (χ1v) is 3.41. The first kappa shape index (κ1) is 11.5. The molecule has 1 unspecified atom stereocenters. The van der Waals surface area contributed by atoms with Gasteiger partial charge in [-0.2, -0.15) is 0 Å². The van der Waals surface area contributed by atoms with Crippen molar-refractivity contribution in [1.29, 1.82) is 0 Å². The molecule has 0 N–H and O–H groups in total. The average Bonchev–Trinajstić information content (AvgIpc) is 1.69. The Balaban J connectivity index is 0. The first-order chi connectivity index (χ1) is 3.41. The molecule has 0 aromatic carbocycles. The summed E-state index contributed by atoms with van der Waals surface area (Å²) >= 11 is 0. The van der Waals surface area contributed by atoms with Gasteiger partial charge in [-0.15, -0.1) is 0 Å². The zero-order chi connectivity index (χ0) is 5.54. The highest BCUT2D eigenvalue weighted by atomic mass is 31.1. The molecule has 50 valence electrons. The highest BCUT2D eigenvalue weighted by Gasteiger charge is 1.77. The molecule has 8 heavy (non-hydrogen) atoms. The predicted molar refractivity (Wildman–Crippen MR) is 41.2 cm³/mol. The Morgan fingerprint density at radius 2 is 2.25 bits per heavy atom. The van der Waals surface area contributed by atoms with Crippen molar-refractivity contribution in [3.05, 3.63) is 0 Å². The summed E-state index contributed by atoms with van der Waals surface area (Å²) < 4.78 is 14.3. The second kappa shape index (κ2) is 10.7. The van der Waals surface area contributed by atoms with Crippen molar-refractivity contribution in [3.8, 4) is 0 Å². The summed E-state index contributed by atoms with van der Waals surface area (Å²) in [6.45, 7) is 2.73. The van der Waals surface area contributed by atoms with E-state index in [0.717, 1.165) is 12.8 Å². The van der Waals surface area contributed by atoms with Crippen molar-refractivity contribution in [3.63, 3.8) is 0 Å². The SMILES string of the molecule is CCCCO[PH2]=O.[AlH3]. The molecule has 1 atom stereocenters. The van der Waals surface area contributed by atoms with Crippen LogP contribution in [0.15, 0.2) is 0 Å². The van der Waals surface area contributed by atoms with E-state index in [-0.39, 0.29) is 17.4 Å². The smallest absolute Gasteiger partial charge is 0.187 e. The van der Waals surface area contributed by atoms with Crippen molar-refractivity contribution < 1.29 is 9.09 Å². The minimum absolute atomic E-state index is 0.